The fourth-order valence-electron chi connectivity index (χ4n) is 1.00. The zero-order valence-electron chi connectivity index (χ0n) is 8.62. The Hall–Kier alpha value is -1.10. The molecule has 1 unspecified atom stereocenters. The third-order valence-corrected chi connectivity index (χ3v) is 2.04. The van der Waals surface area contributed by atoms with Crippen LogP contribution in [0, 0.1) is 0 Å². The van der Waals surface area contributed by atoms with Gasteiger partial charge in [-0.3, -0.25) is 9.59 Å². The van der Waals surface area contributed by atoms with Gasteiger partial charge in [0.1, 0.15) is 0 Å². The van der Waals surface area contributed by atoms with Crippen LogP contribution in [0.4, 0.5) is 0 Å². The van der Waals surface area contributed by atoms with Gasteiger partial charge in [0.15, 0.2) is 0 Å². The first-order valence-electron chi connectivity index (χ1n) is 4.79. The van der Waals surface area contributed by atoms with Crippen molar-refractivity contribution < 1.29 is 14.7 Å². The largest absolute Gasteiger partial charge is 0.481 e. The molecule has 1 amide bonds. The number of aliphatic carboxylic acids is 1. The molecule has 0 fully saturated rings. The summed E-state index contributed by atoms with van der Waals surface area (Å²) < 4.78 is 0. The van der Waals surface area contributed by atoms with Crippen molar-refractivity contribution in [3.8, 4) is 0 Å². The Morgan fingerprint density at radius 3 is 2.29 bits per heavy atom. The first-order chi connectivity index (χ1) is 6.51. The molecule has 0 saturated carbocycles. The van der Waals surface area contributed by atoms with Crippen LogP contribution in [0.5, 0.6) is 0 Å². The summed E-state index contributed by atoms with van der Waals surface area (Å²) in [7, 11) is 0. The van der Waals surface area contributed by atoms with Crippen LogP contribution in [0.1, 0.15) is 33.1 Å². The van der Waals surface area contributed by atoms with Crippen molar-refractivity contribution in [3.05, 3.63) is 0 Å². The first-order valence-corrected chi connectivity index (χ1v) is 4.79. The highest BCUT2D eigenvalue weighted by Crippen LogP contribution is 1.98. The Bertz CT molecular complexity index is 206. The smallest absolute Gasteiger partial charge is 0.305 e. The predicted molar refractivity (Wildman–Crippen MR) is 52.7 cm³/mol. The molecule has 0 saturated heterocycles. The molecule has 0 rings (SSSR count). The number of amides is 1. The summed E-state index contributed by atoms with van der Waals surface area (Å²) in [4.78, 5) is 21.7. The standard InChI is InChI=1S/C9H18N2O3/c1-3-6(5-8(12)13)11-9(14)7(10)4-2/h6-7H,3-5,10H2,1-2H3,(H,11,14)(H,12,13)/t6?,7-/m1/s1. The second-order valence-corrected chi connectivity index (χ2v) is 3.23. The normalized spacial score (nSPS) is 14.5. The van der Waals surface area contributed by atoms with Crippen molar-refractivity contribution >= 4 is 11.9 Å². The van der Waals surface area contributed by atoms with E-state index < -0.39 is 12.0 Å². The fraction of sp³-hybridized carbons (Fsp3) is 0.778. The minimum absolute atomic E-state index is 0.0569. The molecule has 0 bridgehead atoms. The summed E-state index contributed by atoms with van der Waals surface area (Å²) in [6, 6.07) is -0.865. The van der Waals surface area contributed by atoms with Crippen LogP contribution >= 0.6 is 0 Å². The van der Waals surface area contributed by atoms with E-state index in [-0.39, 0.29) is 18.4 Å². The summed E-state index contributed by atoms with van der Waals surface area (Å²) in [5.41, 5.74) is 5.49. The summed E-state index contributed by atoms with van der Waals surface area (Å²) in [5, 5.41) is 11.1. The second kappa shape index (κ2) is 6.37. The zero-order valence-corrected chi connectivity index (χ0v) is 8.62. The molecule has 0 aliphatic carbocycles. The molecule has 0 aliphatic heterocycles. The van der Waals surface area contributed by atoms with Gasteiger partial charge >= 0.3 is 5.97 Å². The van der Waals surface area contributed by atoms with Crippen molar-refractivity contribution in [3.63, 3.8) is 0 Å². The maximum Gasteiger partial charge on any atom is 0.305 e. The number of hydrogen-bond acceptors (Lipinski definition) is 3. The Labute approximate surface area is 83.7 Å². The van der Waals surface area contributed by atoms with Crippen LogP contribution in [0.3, 0.4) is 0 Å². The van der Waals surface area contributed by atoms with Crippen LogP contribution in [-0.2, 0) is 9.59 Å². The van der Waals surface area contributed by atoms with Gasteiger partial charge < -0.3 is 16.2 Å². The molecule has 0 aromatic heterocycles. The number of carbonyl (C=O) groups excluding carboxylic acids is 1. The van der Waals surface area contributed by atoms with Gasteiger partial charge in [0.2, 0.25) is 5.91 Å². The first kappa shape index (κ1) is 12.9. The van der Waals surface area contributed by atoms with E-state index >= 15 is 0 Å². The Morgan fingerprint density at radius 1 is 1.36 bits per heavy atom. The highest BCUT2D eigenvalue weighted by Gasteiger charge is 2.17. The van der Waals surface area contributed by atoms with E-state index in [1.807, 2.05) is 13.8 Å². The summed E-state index contributed by atoms with van der Waals surface area (Å²) in [6.07, 6.45) is 1.09. The summed E-state index contributed by atoms with van der Waals surface area (Å²) in [6.45, 7) is 3.63. The maximum absolute atomic E-state index is 11.3. The fourth-order valence-corrected chi connectivity index (χ4v) is 1.00. The van der Waals surface area contributed by atoms with Crippen LogP contribution in [0.25, 0.3) is 0 Å². The lowest BCUT2D eigenvalue weighted by molar-refractivity contribution is -0.137. The highest BCUT2D eigenvalue weighted by molar-refractivity contribution is 5.82. The van der Waals surface area contributed by atoms with Crippen molar-refractivity contribution in [2.75, 3.05) is 0 Å². The second-order valence-electron chi connectivity index (χ2n) is 3.23. The zero-order chi connectivity index (χ0) is 11.1. The SMILES string of the molecule is CCC(CC(=O)O)NC(=O)[C@H](N)CC. The van der Waals surface area contributed by atoms with Gasteiger partial charge in [-0.15, -0.1) is 0 Å². The van der Waals surface area contributed by atoms with Crippen molar-refractivity contribution in [1.29, 1.82) is 0 Å². The monoisotopic (exact) mass is 202 g/mol. The molecule has 2 atom stereocenters. The van der Waals surface area contributed by atoms with Gasteiger partial charge in [-0.25, -0.2) is 0 Å². The topological polar surface area (TPSA) is 92.4 Å². The molecule has 5 nitrogen and oxygen atoms in total. The molecule has 0 radical (unpaired) electrons. The Morgan fingerprint density at radius 2 is 1.93 bits per heavy atom. The van der Waals surface area contributed by atoms with Crippen LogP contribution in [-0.4, -0.2) is 29.1 Å². The number of hydrogen-bond donors (Lipinski definition) is 3. The Balaban J connectivity index is 4.04. The van der Waals surface area contributed by atoms with Gasteiger partial charge in [-0.05, 0) is 12.8 Å². The molecule has 14 heavy (non-hydrogen) atoms. The summed E-state index contributed by atoms with van der Waals surface area (Å²) >= 11 is 0. The van der Waals surface area contributed by atoms with Gasteiger partial charge in [-0.1, -0.05) is 13.8 Å². The average molecular weight is 202 g/mol. The number of nitrogens with one attached hydrogen (secondary N) is 1. The lowest BCUT2D eigenvalue weighted by Crippen LogP contribution is -2.45. The molecule has 0 heterocycles. The number of nitrogens with two attached hydrogens (primary N) is 1. The van der Waals surface area contributed by atoms with Gasteiger partial charge in [0.05, 0.1) is 12.5 Å². The molecule has 0 aromatic carbocycles. The van der Waals surface area contributed by atoms with Crippen molar-refractivity contribution in [2.24, 2.45) is 5.73 Å². The van der Waals surface area contributed by atoms with Gasteiger partial charge in [-0.2, -0.15) is 0 Å². The molecule has 0 aliphatic rings. The lowest BCUT2D eigenvalue weighted by atomic mass is 10.1. The molecular formula is C9H18N2O3. The third-order valence-electron chi connectivity index (χ3n) is 2.04. The molecule has 5 heteroatoms. The lowest BCUT2D eigenvalue weighted by Gasteiger charge is -2.17. The van der Waals surface area contributed by atoms with E-state index in [0.717, 1.165) is 0 Å². The third kappa shape index (κ3) is 4.81. The quantitative estimate of drug-likeness (QED) is 0.569. The van der Waals surface area contributed by atoms with E-state index in [0.29, 0.717) is 12.8 Å². The average Bonchev–Trinajstić information content (AvgIpc) is 2.14. The van der Waals surface area contributed by atoms with Crippen molar-refractivity contribution in [1.82, 2.24) is 5.32 Å². The van der Waals surface area contributed by atoms with Crippen molar-refractivity contribution in [2.45, 2.75) is 45.2 Å². The van der Waals surface area contributed by atoms with Crippen LogP contribution in [0.15, 0.2) is 0 Å². The van der Waals surface area contributed by atoms with Crippen LogP contribution in [0.2, 0.25) is 0 Å². The van der Waals surface area contributed by atoms with Crippen LogP contribution < -0.4 is 11.1 Å². The summed E-state index contributed by atoms with van der Waals surface area (Å²) in [5.74, 6) is -1.19. The van der Waals surface area contributed by atoms with E-state index in [4.69, 9.17) is 10.8 Å². The number of rotatable bonds is 6. The minimum atomic E-state index is -0.915. The molecular weight excluding hydrogens is 184 g/mol. The minimum Gasteiger partial charge on any atom is -0.481 e. The predicted octanol–water partition coefficient (Wildman–Crippen LogP) is 0.0932. The molecule has 82 valence electrons. The maximum atomic E-state index is 11.3. The molecule has 0 aromatic rings. The Kier molecular flexibility index (Phi) is 5.87. The van der Waals surface area contributed by atoms with E-state index in [1.165, 1.54) is 0 Å². The molecule has 0 spiro atoms. The number of carboxylic acids is 1. The van der Waals surface area contributed by atoms with E-state index in [2.05, 4.69) is 5.32 Å². The van der Waals surface area contributed by atoms with E-state index in [1.54, 1.807) is 0 Å². The molecule has 4 N–H and O–H groups in total. The van der Waals surface area contributed by atoms with E-state index in [9.17, 15) is 9.59 Å². The number of carbonyl (C=O) groups is 2. The van der Waals surface area contributed by atoms with Gasteiger partial charge in [0.25, 0.3) is 0 Å². The van der Waals surface area contributed by atoms with Gasteiger partial charge in [0, 0.05) is 6.04 Å². The highest BCUT2D eigenvalue weighted by atomic mass is 16.4. The number of carboxylic acid groups (broad SMARTS) is 1.